The molecule has 0 bridgehead atoms. The van der Waals surface area contributed by atoms with E-state index < -0.39 is 0 Å². The summed E-state index contributed by atoms with van der Waals surface area (Å²) < 4.78 is 0. The molecule has 1 aromatic heterocycles. The van der Waals surface area contributed by atoms with Gasteiger partial charge in [-0.1, -0.05) is 23.2 Å². The Bertz CT molecular complexity index is 558. The highest BCUT2D eigenvalue weighted by molar-refractivity contribution is 6.35. The van der Waals surface area contributed by atoms with Gasteiger partial charge in [-0.25, -0.2) is 4.98 Å². The van der Waals surface area contributed by atoms with E-state index in [1.807, 2.05) is 0 Å². The van der Waals surface area contributed by atoms with Crippen molar-refractivity contribution in [3.05, 3.63) is 46.1 Å². The summed E-state index contributed by atoms with van der Waals surface area (Å²) in [5, 5.41) is 10.4. The van der Waals surface area contributed by atoms with Crippen molar-refractivity contribution in [3.63, 3.8) is 0 Å². The van der Waals surface area contributed by atoms with Gasteiger partial charge in [0.15, 0.2) is 0 Å². The number of aliphatic hydroxyl groups excluding tert-OH is 1. The number of rotatable bonds is 2. The number of hydrogen-bond donors (Lipinski definition) is 2. The van der Waals surface area contributed by atoms with Gasteiger partial charge >= 0.3 is 0 Å². The van der Waals surface area contributed by atoms with Gasteiger partial charge in [0.2, 0.25) is 0 Å². The van der Waals surface area contributed by atoms with Crippen molar-refractivity contribution in [2.75, 3.05) is 5.73 Å². The summed E-state index contributed by atoms with van der Waals surface area (Å²) >= 11 is 12.0. The van der Waals surface area contributed by atoms with E-state index in [1.54, 1.807) is 30.3 Å². The van der Waals surface area contributed by atoms with Gasteiger partial charge in [0, 0.05) is 21.2 Å². The molecule has 3 nitrogen and oxygen atoms in total. The van der Waals surface area contributed by atoms with Crippen LogP contribution in [0.15, 0.2) is 30.3 Å². The Labute approximate surface area is 109 Å². The van der Waals surface area contributed by atoms with E-state index in [9.17, 15) is 5.11 Å². The van der Waals surface area contributed by atoms with E-state index in [2.05, 4.69) is 4.98 Å². The second-order valence-electron chi connectivity index (χ2n) is 3.51. The number of nitrogens with two attached hydrogens (primary N) is 1. The van der Waals surface area contributed by atoms with Crippen molar-refractivity contribution in [2.24, 2.45) is 0 Å². The Morgan fingerprint density at radius 3 is 2.59 bits per heavy atom. The maximum absolute atomic E-state index is 9.27. The zero-order chi connectivity index (χ0) is 12.4. The molecule has 2 aromatic rings. The van der Waals surface area contributed by atoms with Crippen LogP contribution < -0.4 is 5.73 Å². The third-order valence-corrected chi connectivity index (χ3v) is 2.93. The predicted octanol–water partition coefficient (Wildman–Crippen LogP) is 3.13. The molecule has 0 saturated heterocycles. The molecule has 0 aliphatic carbocycles. The third kappa shape index (κ3) is 2.52. The molecule has 0 aliphatic heterocycles. The highest BCUT2D eigenvalue weighted by Gasteiger charge is 2.10. The number of pyridine rings is 1. The largest absolute Gasteiger partial charge is 0.390 e. The molecule has 17 heavy (non-hydrogen) atoms. The molecule has 5 heteroatoms. The summed E-state index contributed by atoms with van der Waals surface area (Å²) in [6.07, 6.45) is 0. The van der Waals surface area contributed by atoms with E-state index in [1.165, 1.54) is 0 Å². The molecule has 88 valence electrons. The minimum atomic E-state index is -0.205. The lowest BCUT2D eigenvalue weighted by Gasteiger charge is -2.09. The van der Waals surface area contributed by atoms with Crippen LogP contribution in [0.3, 0.4) is 0 Å². The van der Waals surface area contributed by atoms with Crippen LogP contribution in [0.2, 0.25) is 10.0 Å². The van der Waals surface area contributed by atoms with Crippen LogP contribution in [-0.2, 0) is 6.61 Å². The number of halogens is 2. The number of nitrogen functional groups attached to an aromatic ring is 1. The zero-order valence-electron chi connectivity index (χ0n) is 8.82. The monoisotopic (exact) mass is 268 g/mol. The van der Waals surface area contributed by atoms with Crippen molar-refractivity contribution < 1.29 is 5.11 Å². The molecule has 0 unspecified atom stereocenters. The van der Waals surface area contributed by atoms with Crippen molar-refractivity contribution in [1.82, 2.24) is 4.98 Å². The van der Waals surface area contributed by atoms with Gasteiger partial charge in [0.05, 0.1) is 12.3 Å². The molecule has 0 atom stereocenters. The summed E-state index contributed by atoms with van der Waals surface area (Å²) in [7, 11) is 0. The van der Waals surface area contributed by atoms with Crippen molar-refractivity contribution in [2.45, 2.75) is 6.61 Å². The Balaban J connectivity index is 2.63. The van der Waals surface area contributed by atoms with Gasteiger partial charge < -0.3 is 10.8 Å². The van der Waals surface area contributed by atoms with Crippen LogP contribution in [0.25, 0.3) is 11.1 Å². The summed E-state index contributed by atoms with van der Waals surface area (Å²) in [6.45, 7) is -0.205. The van der Waals surface area contributed by atoms with E-state index in [0.29, 0.717) is 21.6 Å². The van der Waals surface area contributed by atoms with E-state index in [-0.39, 0.29) is 6.61 Å². The van der Waals surface area contributed by atoms with Gasteiger partial charge in [-0.3, -0.25) is 0 Å². The smallest absolute Gasteiger partial charge is 0.123 e. The number of aliphatic hydroxyl groups is 1. The minimum Gasteiger partial charge on any atom is -0.390 e. The van der Waals surface area contributed by atoms with Crippen LogP contribution >= 0.6 is 23.2 Å². The zero-order valence-corrected chi connectivity index (χ0v) is 10.3. The van der Waals surface area contributed by atoms with Crippen molar-refractivity contribution in [1.29, 1.82) is 0 Å². The van der Waals surface area contributed by atoms with Crippen LogP contribution in [0, 0.1) is 0 Å². The average molecular weight is 269 g/mol. The first-order valence-electron chi connectivity index (χ1n) is 4.93. The SMILES string of the molecule is Nc1ccc(-c2cc(Cl)ccc2Cl)c(CO)n1. The first-order valence-corrected chi connectivity index (χ1v) is 5.69. The molecule has 0 radical (unpaired) electrons. The van der Waals surface area contributed by atoms with E-state index >= 15 is 0 Å². The number of aromatic nitrogens is 1. The molecule has 0 spiro atoms. The quantitative estimate of drug-likeness (QED) is 0.880. The lowest BCUT2D eigenvalue weighted by atomic mass is 10.0. The van der Waals surface area contributed by atoms with Crippen LogP contribution in [0.5, 0.6) is 0 Å². The minimum absolute atomic E-state index is 0.205. The first-order chi connectivity index (χ1) is 8.11. The lowest BCUT2D eigenvalue weighted by Crippen LogP contribution is -1.98. The molecule has 1 aromatic carbocycles. The maximum atomic E-state index is 9.27. The number of anilines is 1. The molecule has 0 aliphatic rings. The second kappa shape index (κ2) is 4.92. The molecule has 0 fully saturated rings. The molecule has 0 saturated carbocycles. The topological polar surface area (TPSA) is 59.1 Å². The number of hydrogen-bond acceptors (Lipinski definition) is 3. The fraction of sp³-hybridized carbons (Fsp3) is 0.0833. The molecule has 2 rings (SSSR count). The van der Waals surface area contributed by atoms with E-state index in [4.69, 9.17) is 28.9 Å². The fourth-order valence-electron chi connectivity index (χ4n) is 1.59. The van der Waals surface area contributed by atoms with Gasteiger partial charge in [0.1, 0.15) is 5.82 Å². The highest BCUT2D eigenvalue weighted by atomic mass is 35.5. The Morgan fingerprint density at radius 1 is 1.12 bits per heavy atom. The van der Waals surface area contributed by atoms with Crippen molar-refractivity contribution >= 4 is 29.0 Å². The summed E-state index contributed by atoms with van der Waals surface area (Å²) in [6, 6.07) is 8.57. The highest BCUT2D eigenvalue weighted by Crippen LogP contribution is 2.32. The van der Waals surface area contributed by atoms with Gasteiger partial charge in [-0.15, -0.1) is 0 Å². The number of benzene rings is 1. The van der Waals surface area contributed by atoms with Crippen LogP contribution in [0.1, 0.15) is 5.69 Å². The summed E-state index contributed by atoms with van der Waals surface area (Å²) in [5.74, 6) is 0.357. The molecule has 1 heterocycles. The van der Waals surface area contributed by atoms with Crippen LogP contribution in [-0.4, -0.2) is 10.1 Å². The fourth-order valence-corrected chi connectivity index (χ4v) is 1.98. The Kier molecular flexibility index (Phi) is 3.52. The average Bonchev–Trinajstić information content (AvgIpc) is 2.32. The van der Waals surface area contributed by atoms with E-state index in [0.717, 1.165) is 11.1 Å². The Hall–Kier alpha value is -1.29. The predicted molar refractivity (Wildman–Crippen MR) is 70.0 cm³/mol. The van der Waals surface area contributed by atoms with Gasteiger partial charge in [-0.2, -0.15) is 0 Å². The molecular formula is C12H10Cl2N2O. The van der Waals surface area contributed by atoms with Crippen molar-refractivity contribution in [3.8, 4) is 11.1 Å². The molecular weight excluding hydrogens is 259 g/mol. The number of nitrogens with zero attached hydrogens (tertiary/aromatic N) is 1. The first kappa shape index (κ1) is 12.2. The standard InChI is InChI=1S/C12H10Cl2N2O/c13-7-1-3-10(14)9(5-7)8-2-4-12(15)16-11(8)6-17/h1-5,17H,6H2,(H2,15,16). The molecule has 0 amide bonds. The lowest BCUT2D eigenvalue weighted by molar-refractivity contribution is 0.277. The Morgan fingerprint density at radius 2 is 1.88 bits per heavy atom. The molecule has 3 N–H and O–H groups in total. The third-order valence-electron chi connectivity index (χ3n) is 2.36. The van der Waals surface area contributed by atoms with Crippen LogP contribution in [0.4, 0.5) is 5.82 Å². The summed E-state index contributed by atoms with van der Waals surface area (Å²) in [5.41, 5.74) is 7.51. The van der Waals surface area contributed by atoms with Gasteiger partial charge in [-0.05, 0) is 30.3 Å². The summed E-state index contributed by atoms with van der Waals surface area (Å²) in [4.78, 5) is 4.06. The van der Waals surface area contributed by atoms with Gasteiger partial charge in [0.25, 0.3) is 0 Å². The normalized spacial score (nSPS) is 10.5. The second-order valence-corrected chi connectivity index (χ2v) is 4.36. The maximum Gasteiger partial charge on any atom is 0.123 e.